The van der Waals surface area contributed by atoms with Gasteiger partial charge in [0.2, 0.25) is 0 Å². The minimum atomic E-state index is -0.236. The summed E-state index contributed by atoms with van der Waals surface area (Å²) in [4.78, 5) is 2.11. The molecule has 0 saturated carbocycles. The molecule has 1 saturated heterocycles. The van der Waals surface area contributed by atoms with Crippen LogP contribution in [0, 0.1) is 12.7 Å². The van der Waals surface area contributed by atoms with Crippen molar-refractivity contribution < 1.29 is 14.2 Å². The van der Waals surface area contributed by atoms with Crippen molar-refractivity contribution in [3.05, 3.63) is 29.1 Å². The zero-order valence-electron chi connectivity index (χ0n) is 11.4. The molecular formula is C14H21FN2O2. The molecule has 106 valence electrons. The summed E-state index contributed by atoms with van der Waals surface area (Å²) in [6, 6.07) is 3.10. The number of aryl methyl sites for hydroxylation is 1. The van der Waals surface area contributed by atoms with Crippen molar-refractivity contribution in [3.8, 4) is 0 Å². The summed E-state index contributed by atoms with van der Waals surface area (Å²) >= 11 is 0. The van der Waals surface area contributed by atoms with Gasteiger partial charge in [-0.25, -0.2) is 4.39 Å². The topological polar surface area (TPSA) is 58.7 Å². The van der Waals surface area contributed by atoms with Gasteiger partial charge in [-0.1, -0.05) is 0 Å². The molecule has 0 amide bonds. The first-order valence-corrected chi connectivity index (χ1v) is 6.56. The summed E-state index contributed by atoms with van der Waals surface area (Å²) in [7, 11) is 0. The number of nitrogens with two attached hydrogens (primary N) is 1. The number of rotatable bonds is 3. The minimum Gasteiger partial charge on any atom is -0.394 e. The molecular weight excluding hydrogens is 247 g/mol. The zero-order chi connectivity index (χ0) is 14.0. The lowest BCUT2D eigenvalue weighted by atomic mass is 10.0. The molecule has 5 heteroatoms. The lowest BCUT2D eigenvalue weighted by Crippen LogP contribution is -2.44. The number of morpholine rings is 1. The summed E-state index contributed by atoms with van der Waals surface area (Å²) in [6.07, 6.45) is -0.194. The van der Waals surface area contributed by atoms with Gasteiger partial charge in [-0.15, -0.1) is 0 Å². The number of ether oxygens (including phenoxy) is 1. The van der Waals surface area contributed by atoms with E-state index in [0.717, 1.165) is 17.8 Å². The number of aliphatic hydroxyl groups excluding tert-OH is 1. The molecule has 1 aliphatic heterocycles. The van der Waals surface area contributed by atoms with Gasteiger partial charge in [-0.2, -0.15) is 0 Å². The first-order valence-electron chi connectivity index (χ1n) is 6.56. The molecule has 1 unspecified atom stereocenters. The lowest BCUT2D eigenvalue weighted by Gasteiger charge is -2.35. The van der Waals surface area contributed by atoms with Gasteiger partial charge in [0.25, 0.3) is 0 Å². The quantitative estimate of drug-likeness (QED) is 0.869. The highest BCUT2D eigenvalue weighted by Gasteiger charge is 2.23. The van der Waals surface area contributed by atoms with Crippen molar-refractivity contribution in [3.63, 3.8) is 0 Å². The lowest BCUT2D eigenvalue weighted by molar-refractivity contribution is 0.00351. The van der Waals surface area contributed by atoms with Crippen LogP contribution in [0.25, 0.3) is 0 Å². The Morgan fingerprint density at radius 3 is 2.95 bits per heavy atom. The second-order valence-corrected chi connectivity index (χ2v) is 5.07. The van der Waals surface area contributed by atoms with Gasteiger partial charge in [-0.3, -0.25) is 0 Å². The Morgan fingerprint density at radius 2 is 2.32 bits per heavy atom. The highest BCUT2D eigenvalue weighted by Crippen LogP contribution is 2.29. The predicted molar refractivity (Wildman–Crippen MR) is 72.8 cm³/mol. The number of benzene rings is 1. The van der Waals surface area contributed by atoms with E-state index in [1.54, 1.807) is 6.92 Å². The van der Waals surface area contributed by atoms with E-state index in [1.165, 1.54) is 6.07 Å². The van der Waals surface area contributed by atoms with Crippen molar-refractivity contribution in [2.24, 2.45) is 5.73 Å². The fourth-order valence-corrected chi connectivity index (χ4v) is 2.37. The summed E-state index contributed by atoms with van der Waals surface area (Å²) in [5.41, 5.74) is 8.27. The van der Waals surface area contributed by atoms with E-state index in [4.69, 9.17) is 10.5 Å². The van der Waals surface area contributed by atoms with Gasteiger partial charge < -0.3 is 20.5 Å². The van der Waals surface area contributed by atoms with Crippen LogP contribution in [-0.4, -0.2) is 37.5 Å². The smallest absolute Gasteiger partial charge is 0.126 e. The second kappa shape index (κ2) is 5.86. The van der Waals surface area contributed by atoms with Gasteiger partial charge in [0.05, 0.1) is 19.3 Å². The van der Waals surface area contributed by atoms with E-state index in [9.17, 15) is 9.50 Å². The molecule has 1 aromatic carbocycles. The van der Waals surface area contributed by atoms with Crippen LogP contribution in [0.5, 0.6) is 0 Å². The summed E-state index contributed by atoms with van der Waals surface area (Å²) in [5.74, 6) is -0.233. The Bertz CT molecular complexity index is 451. The van der Waals surface area contributed by atoms with Crippen molar-refractivity contribution in [1.29, 1.82) is 0 Å². The number of nitrogens with zero attached hydrogens (tertiary/aromatic N) is 1. The normalized spacial score (nSPS) is 21.5. The van der Waals surface area contributed by atoms with Crippen LogP contribution in [0.4, 0.5) is 10.1 Å². The number of aliphatic hydroxyl groups is 1. The standard InChI is InChI=1S/C14H21FN2O2/c1-9-5-14(12(10(2)16)6-13(9)15)17-3-4-19-11(7-17)8-18/h5-6,10-11,18H,3-4,7-8,16H2,1-2H3/t10-,11?/m0/s1. The van der Waals surface area contributed by atoms with Crippen LogP contribution in [0.15, 0.2) is 12.1 Å². The van der Waals surface area contributed by atoms with E-state index in [1.807, 2.05) is 13.0 Å². The largest absolute Gasteiger partial charge is 0.394 e. The molecule has 1 fully saturated rings. The van der Waals surface area contributed by atoms with Crippen LogP contribution in [0.3, 0.4) is 0 Å². The first-order chi connectivity index (χ1) is 9.02. The summed E-state index contributed by atoms with van der Waals surface area (Å²) < 4.78 is 19.1. The van der Waals surface area contributed by atoms with E-state index in [-0.39, 0.29) is 24.6 Å². The minimum absolute atomic E-state index is 0.00973. The maximum absolute atomic E-state index is 13.7. The molecule has 1 aliphatic rings. The number of anilines is 1. The first kappa shape index (κ1) is 14.2. The van der Waals surface area contributed by atoms with Gasteiger partial charge in [-0.05, 0) is 37.1 Å². The van der Waals surface area contributed by atoms with Crippen molar-refractivity contribution in [2.45, 2.75) is 26.0 Å². The zero-order valence-corrected chi connectivity index (χ0v) is 11.4. The van der Waals surface area contributed by atoms with Crippen LogP contribution in [0.1, 0.15) is 24.1 Å². The molecule has 1 heterocycles. The third-order valence-corrected chi connectivity index (χ3v) is 3.48. The summed E-state index contributed by atoms with van der Waals surface area (Å²) in [5, 5.41) is 9.20. The average molecular weight is 268 g/mol. The van der Waals surface area contributed by atoms with E-state index in [0.29, 0.717) is 18.7 Å². The molecule has 2 rings (SSSR count). The molecule has 0 aromatic heterocycles. The third-order valence-electron chi connectivity index (χ3n) is 3.48. The van der Waals surface area contributed by atoms with Gasteiger partial charge in [0, 0.05) is 24.8 Å². The van der Waals surface area contributed by atoms with E-state index < -0.39 is 0 Å². The number of halogens is 1. The summed E-state index contributed by atoms with van der Waals surface area (Å²) in [6.45, 7) is 5.46. The Kier molecular flexibility index (Phi) is 4.39. The Labute approximate surface area is 113 Å². The van der Waals surface area contributed by atoms with Crippen molar-refractivity contribution >= 4 is 5.69 Å². The molecule has 0 bridgehead atoms. The predicted octanol–water partition coefficient (Wildman–Crippen LogP) is 1.35. The van der Waals surface area contributed by atoms with Gasteiger partial charge in [0.1, 0.15) is 5.82 Å². The van der Waals surface area contributed by atoms with E-state index in [2.05, 4.69) is 4.90 Å². The Hall–Kier alpha value is -1.17. The fraction of sp³-hybridized carbons (Fsp3) is 0.571. The highest BCUT2D eigenvalue weighted by atomic mass is 19.1. The maximum atomic E-state index is 13.7. The maximum Gasteiger partial charge on any atom is 0.126 e. The molecule has 4 nitrogen and oxygen atoms in total. The molecule has 2 atom stereocenters. The van der Waals surface area contributed by atoms with Crippen molar-refractivity contribution in [2.75, 3.05) is 31.2 Å². The highest BCUT2D eigenvalue weighted by molar-refractivity contribution is 5.57. The third kappa shape index (κ3) is 3.05. The van der Waals surface area contributed by atoms with Crippen LogP contribution >= 0.6 is 0 Å². The average Bonchev–Trinajstić information content (AvgIpc) is 2.41. The van der Waals surface area contributed by atoms with Gasteiger partial charge >= 0.3 is 0 Å². The second-order valence-electron chi connectivity index (χ2n) is 5.07. The number of hydrogen-bond acceptors (Lipinski definition) is 4. The van der Waals surface area contributed by atoms with Crippen LogP contribution in [0.2, 0.25) is 0 Å². The Morgan fingerprint density at radius 1 is 1.58 bits per heavy atom. The van der Waals surface area contributed by atoms with Gasteiger partial charge in [0.15, 0.2) is 0 Å². The molecule has 3 N–H and O–H groups in total. The number of hydrogen-bond donors (Lipinski definition) is 2. The molecule has 0 spiro atoms. The monoisotopic (exact) mass is 268 g/mol. The van der Waals surface area contributed by atoms with Crippen LogP contribution in [-0.2, 0) is 4.74 Å². The SMILES string of the molecule is Cc1cc(N2CCOC(CO)C2)c([C@H](C)N)cc1F. The molecule has 1 aromatic rings. The Balaban J connectivity index is 2.34. The molecule has 0 aliphatic carbocycles. The molecule has 0 radical (unpaired) electrons. The molecule has 19 heavy (non-hydrogen) atoms. The van der Waals surface area contributed by atoms with Crippen molar-refractivity contribution in [1.82, 2.24) is 0 Å². The van der Waals surface area contributed by atoms with Crippen LogP contribution < -0.4 is 10.6 Å². The van der Waals surface area contributed by atoms with E-state index >= 15 is 0 Å². The fourth-order valence-electron chi connectivity index (χ4n) is 2.37.